The number of aryl methyl sites for hydroxylation is 1. The number of nitrogens with one attached hydrogen (secondary N) is 2. The van der Waals surface area contributed by atoms with E-state index in [0.717, 1.165) is 17.3 Å². The molecule has 2 aromatic heterocycles. The molecule has 11 nitrogen and oxygen atoms in total. The molecule has 0 saturated heterocycles. The highest BCUT2D eigenvalue weighted by molar-refractivity contribution is 7.99. The molecule has 0 aliphatic heterocycles. The zero-order valence-electron chi connectivity index (χ0n) is 14.5. The lowest BCUT2D eigenvalue weighted by molar-refractivity contribution is -0.133. The molecule has 0 aliphatic rings. The van der Waals surface area contributed by atoms with Gasteiger partial charge in [0.25, 0.3) is 0 Å². The van der Waals surface area contributed by atoms with E-state index in [9.17, 15) is 13.2 Å². The Morgan fingerprint density at radius 1 is 1.25 bits per heavy atom. The van der Waals surface area contributed by atoms with Gasteiger partial charge in [-0.2, -0.15) is 13.5 Å². The first-order valence-electron chi connectivity index (χ1n) is 7.83. The first-order chi connectivity index (χ1) is 13.2. The number of carboxylic acids is 1. The van der Waals surface area contributed by atoms with E-state index in [4.69, 9.17) is 9.66 Å². The minimum atomic E-state index is -4.32. The summed E-state index contributed by atoms with van der Waals surface area (Å²) < 4.78 is 34.0. The molecule has 4 N–H and O–H groups in total. The van der Waals surface area contributed by atoms with Crippen molar-refractivity contribution in [2.45, 2.75) is 11.7 Å². The average Bonchev–Trinajstić information content (AvgIpc) is 2.99. The van der Waals surface area contributed by atoms with Crippen LogP contribution in [0.4, 0.5) is 11.5 Å². The molecular formula is C15H16N6O5S2. The second-order valence-corrected chi connectivity index (χ2v) is 7.77. The Bertz CT molecular complexity index is 1110. The molecule has 0 amide bonds. The Morgan fingerprint density at radius 3 is 2.61 bits per heavy atom. The summed E-state index contributed by atoms with van der Waals surface area (Å²) in [5, 5.41) is 17.2. The largest absolute Gasteiger partial charge is 0.481 e. The number of hydrogen-bond acceptors (Lipinski definition) is 8. The van der Waals surface area contributed by atoms with Gasteiger partial charge in [-0.25, -0.2) is 9.97 Å². The fourth-order valence-corrected chi connectivity index (χ4v) is 3.35. The van der Waals surface area contributed by atoms with Crippen LogP contribution in [-0.2, 0) is 28.7 Å². The molecule has 2 heterocycles. The van der Waals surface area contributed by atoms with Gasteiger partial charge in [0.05, 0.1) is 23.0 Å². The maximum atomic E-state index is 10.8. The molecule has 1 aromatic carbocycles. The van der Waals surface area contributed by atoms with Crippen molar-refractivity contribution in [3.8, 4) is 0 Å². The number of anilines is 2. The molecule has 148 valence electrons. The van der Waals surface area contributed by atoms with Crippen molar-refractivity contribution in [3.05, 3.63) is 36.0 Å². The van der Waals surface area contributed by atoms with E-state index in [1.165, 1.54) is 12.1 Å². The van der Waals surface area contributed by atoms with Crippen LogP contribution in [-0.4, -0.2) is 49.5 Å². The molecule has 0 radical (unpaired) electrons. The van der Waals surface area contributed by atoms with Crippen LogP contribution in [0.2, 0.25) is 0 Å². The normalized spacial score (nSPS) is 11.5. The minimum Gasteiger partial charge on any atom is -0.481 e. The fraction of sp³-hybridized carbons (Fsp3) is 0.200. The number of rotatable bonds is 8. The zero-order valence-corrected chi connectivity index (χ0v) is 16.2. The molecule has 0 spiro atoms. The van der Waals surface area contributed by atoms with E-state index in [2.05, 4.69) is 20.4 Å². The van der Waals surface area contributed by atoms with Crippen LogP contribution < -0.4 is 10.0 Å². The van der Waals surface area contributed by atoms with Gasteiger partial charge in [0.15, 0.2) is 10.8 Å². The molecule has 0 atom stereocenters. The molecule has 0 unspecified atom stereocenters. The molecule has 0 bridgehead atoms. The van der Waals surface area contributed by atoms with E-state index in [1.807, 2.05) is 4.72 Å². The summed E-state index contributed by atoms with van der Waals surface area (Å²) in [4.78, 5) is 19.5. The smallest absolute Gasteiger partial charge is 0.357 e. The molecule has 28 heavy (non-hydrogen) atoms. The van der Waals surface area contributed by atoms with Gasteiger partial charge in [-0.3, -0.25) is 18.8 Å². The van der Waals surface area contributed by atoms with Crippen LogP contribution in [0.25, 0.3) is 11.0 Å². The third kappa shape index (κ3) is 5.09. The number of aliphatic carboxylic acids is 1. The van der Waals surface area contributed by atoms with E-state index in [-0.39, 0.29) is 11.4 Å². The Kier molecular flexibility index (Phi) is 5.67. The zero-order chi connectivity index (χ0) is 20.3. The Labute approximate surface area is 164 Å². The van der Waals surface area contributed by atoms with Crippen molar-refractivity contribution >= 4 is 50.6 Å². The SMILES string of the molecule is Cn1ncc2c(NCc3ccc(NS(=O)(=O)O)cc3)nc(SCC(=O)O)nc21. The van der Waals surface area contributed by atoms with Crippen LogP contribution >= 0.6 is 11.8 Å². The monoisotopic (exact) mass is 424 g/mol. The number of carboxylic acid groups (broad SMARTS) is 1. The van der Waals surface area contributed by atoms with Gasteiger partial charge in [-0.1, -0.05) is 23.9 Å². The van der Waals surface area contributed by atoms with Crippen LogP contribution in [0.15, 0.2) is 35.6 Å². The second kappa shape index (κ2) is 8.00. The summed E-state index contributed by atoms with van der Waals surface area (Å²) in [7, 11) is -2.59. The molecule has 3 aromatic rings. The third-order valence-corrected chi connectivity index (χ3v) is 4.88. The van der Waals surface area contributed by atoms with E-state index in [1.54, 1.807) is 30.1 Å². The lowest BCUT2D eigenvalue weighted by Gasteiger charge is -2.09. The van der Waals surface area contributed by atoms with Crippen LogP contribution in [0.1, 0.15) is 5.56 Å². The molecule has 0 fully saturated rings. The lowest BCUT2D eigenvalue weighted by atomic mass is 10.2. The topological polar surface area (TPSA) is 159 Å². The maximum absolute atomic E-state index is 10.8. The fourth-order valence-electron chi connectivity index (χ4n) is 2.35. The molecule has 0 aliphatic carbocycles. The summed E-state index contributed by atoms with van der Waals surface area (Å²) in [5.74, 6) is -0.622. The van der Waals surface area contributed by atoms with Gasteiger partial charge >= 0.3 is 16.3 Å². The molecule has 0 saturated carbocycles. The van der Waals surface area contributed by atoms with Crippen molar-refractivity contribution in [2.75, 3.05) is 15.8 Å². The predicted octanol–water partition coefficient (Wildman–Crippen LogP) is 1.37. The van der Waals surface area contributed by atoms with E-state index >= 15 is 0 Å². The first kappa shape index (κ1) is 19.9. The first-order valence-corrected chi connectivity index (χ1v) is 10.3. The quantitative estimate of drug-likeness (QED) is 0.236. The summed E-state index contributed by atoms with van der Waals surface area (Å²) in [5.41, 5.74) is 1.63. The highest BCUT2D eigenvalue weighted by Crippen LogP contribution is 2.24. The van der Waals surface area contributed by atoms with E-state index < -0.39 is 16.3 Å². The molecular weight excluding hydrogens is 408 g/mol. The standard InChI is InChI=1S/C15H16N6O5S2/c1-21-14-11(7-17-21)13(18-15(19-14)27-8-12(22)23)16-6-9-2-4-10(5-3-9)20-28(24,25)26/h2-5,7,20H,6,8H2,1H3,(H,22,23)(H,16,18,19)(H,24,25,26). The number of nitrogens with zero attached hydrogens (tertiary/aromatic N) is 4. The Hall–Kier alpha value is -2.90. The number of fused-ring (bicyclic) bond motifs is 1. The highest BCUT2D eigenvalue weighted by atomic mass is 32.2. The third-order valence-electron chi connectivity index (χ3n) is 3.56. The van der Waals surface area contributed by atoms with Crippen LogP contribution in [0.3, 0.4) is 0 Å². The van der Waals surface area contributed by atoms with Gasteiger partial charge in [-0.05, 0) is 17.7 Å². The predicted molar refractivity (Wildman–Crippen MR) is 104 cm³/mol. The van der Waals surface area contributed by atoms with Gasteiger partial charge in [0.2, 0.25) is 0 Å². The number of benzene rings is 1. The Morgan fingerprint density at radius 2 is 1.96 bits per heavy atom. The van der Waals surface area contributed by atoms with Crippen molar-refractivity contribution < 1.29 is 22.9 Å². The minimum absolute atomic E-state index is 0.162. The highest BCUT2D eigenvalue weighted by Gasteiger charge is 2.13. The Balaban J connectivity index is 1.78. The van der Waals surface area contributed by atoms with Crippen molar-refractivity contribution in [1.82, 2.24) is 19.7 Å². The number of thioether (sulfide) groups is 1. The summed E-state index contributed by atoms with van der Waals surface area (Å²) in [6.45, 7) is 0.371. The van der Waals surface area contributed by atoms with Crippen molar-refractivity contribution in [3.63, 3.8) is 0 Å². The average molecular weight is 424 g/mol. The van der Waals surface area contributed by atoms with Gasteiger partial charge in [0, 0.05) is 13.6 Å². The number of carbonyl (C=O) groups is 1. The molecule has 3 rings (SSSR count). The summed E-state index contributed by atoms with van der Waals surface area (Å²) in [6.07, 6.45) is 1.61. The van der Waals surface area contributed by atoms with Gasteiger partial charge in [0.1, 0.15) is 5.82 Å². The lowest BCUT2D eigenvalue weighted by Crippen LogP contribution is -2.10. The van der Waals surface area contributed by atoms with Crippen molar-refractivity contribution in [2.24, 2.45) is 7.05 Å². The number of hydrogen-bond donors (Lipinski definition) is 4. The van der Waals surface area contributed by atoms with Crippen molar-refractivity contribution in [1.29, 1.82) is 0 Å². The van der Waals surface area contributed by atoms with Crippen LogP contribution in [0.5, 0.6) is 0 Å². The van der Waals surface area contributed by atoms with Gasteiger partial charge < -0.3 is 10.4 Å². The number of aromatic nitrogens is 4. The summed E-state index contributed by atoms with van der Waals surface area (Å²) in [6, 6.07) is 6.39. The molecule has 13 heteroatoms. The van der Waals surface area contributed by atoms with E-state index in [0.29, 0.717) is 28.6 Å². The van der Waals surface area contributed by atoms with Gasteiger partial charge in [-0.15, -0.1) is 0 Å². The second-order valence-electron chi connectivity index (χ2n) is 5.67. The summed E-state index contributed by atoms with van der Waals surface area (Å²) >= 11 is 1.01. The maximum Gasteiger partial charge on any atom is 0.357 e. The van der Waals surface area contributed by atoms with Crippen LogP contribution in [0, 0.1) is 0 Å².